The van der Waals surface area contributed by atoms with Crippen LogP contribution in [0.4, 0.5) is 22.7 Å². The summed E-state index contributed by atoms with van der Waals surface area (Å²) in [6.45, 7) is 11.5. The number of amides is 2. The molecule has 0 bridgehead atoms. The number of nitrogens with one attached hydrogen (secondary N) is 4. The van der Waals surface area contributed by atoms with Crippen LogP contribution in [0.5, 0.6) is 0 Å². The van der Waals surface area contributed by atoms with E-state index in [1.54, 1.807) is 26.0 Å². The van der Waals surface area contributed by atoms with Crippen molar-refractivity contribution in [2.75, 3.05) is 48.7 Å². The number of rotatable bonds is 9. The van der Waals surface area contributed by atoms with E-state index in [1.807, 2.05) is 54.6 Å². The van der Waals surface area contributed by atoms with Gasteiger partial charge in [-0.15, -0.1) is 0 Å². The highest BCUT2D eigenvalue weighted by Gasteiger charge is 2.26. The van der Waals surface area contributed by atoms with Crippen molar-refractivity contribution in [1.82, 2.24) is 14.8 Å². The number of aromatic carboxylic acids is 1. The molecule has 2 aliphatic rings. The number of hydrogen-bond donors (Lipinski definition) is 5. The minimum Gasteiger partial charge on any atom is -0.478 e. The van der Waals surface area contributed by atoms with Gasteiger partial charge < -0.3 is 30.9 Å². The molecule has 3 heterocycles. The van der Waals surface area contributed by atoms with Crippen molar-refractivity contribution in [3.8, 4) is 0 Å². The first kappa shape index (κ1) is 32.1. The number of aryl methyl sites for hydroxylation is 1. The third kappa shape index (κ3) is 6.95. The van der Waals surface area contributed by atoms with E-state index in [1.165, 1.54) is 0 Å². The number of benzene rings is 3. The first-order valence-electron chi connectivity index (χ1n) is 15.6. The highest BCUT2D eigenvalue weighted by Crippen LogP contribution is 2.36. The summed E-state index contributed by atoms with van der Waals surface area (Å²) in [5.41, 5.74) is 7.30. The maximum absolute atomic E-state index is 13.1. The van der Waals surface area contributed by atoms with E-state index in [4.69, 9.17) is 11.6 Å². The van der Waals surface area contributed by atoms with Crippen LogP contribution in [0.15, 0.2) is 60.7 Å². The van der Waals surface area contributed by atoms with Gasteiger partial charge in [0.05, 0.1) is 16.8 Å². The number of likely N-dealkylation sites (N-methyl/N-ethyl adjacent to an activating group) is 1. The molecule has 0 aliphatic carbocycles. The second-order valence-electron chi connectivity index (χ2n) is 11.9. The minimum atomic E-state index is -1.01. The summed E-state index contributed by atoms with van der Waals surface area (Å²) in [4.78, 5) is 45.5. The summed E-state index contributed by atoms with van der Waals surface area (Å²) in [5, 5.41) is 19.3. The first-order chi connectivity index (χ1) is 22.6. The number of nitrogens with zero attached hydrogens (tertiary/aromatic N) is 2. The Hall–Kier alpha value is -4.90. The third-order valence-electron chi connectivity index (χ3n) is 8.81. The Bertz CT molecular complexity index is 1910. The van der Waals surface area contributed by atoms with Crippen molar-refractivity contribution in [2.45, 2.75) is 27.3 Å². The highest BCUT2D eigenvalue weighted by molar-refractivity contribution is 6.35. The van der Waals surface area contributed by atoms with Crippen LogP contribution in [0.1, 0.15) is 55.7 Å². The van der Waals surface area contributed by atoms with Gasteiger partial charge >= 0.3 is 5.97 Å². The lowest BCUT2D eigenvalue weighted by molar-refractivity contribution is -0.110. The van der Waals surface area contributed by atoms with E-state index >= 15 is 0 Å². The average Bonchev–Trinajstić information content (AvgIpc) is 3.51. The Morgan fingerprint density at radius 1 is 0.957 bits per heavy atom. The molecule has 4 aromatic rings. The zero-order chi connectivity index (χ0) is 33.2. The number of fused-ring (bicyclic) bond motifs is 1. The van der Waals surface area contributed by atoms with Gasteiger partial charge in [0.2, 0.25) is 0 Å². The van der Waals surface area contributed by atoms with Crippen LogP contribution in [-0.4, -0.2) is 70.4 Å². The molecule has 6 rings (SSSR count). The molecule has 47 heavy (non-hydrogen) atoms. The normalized spacial score (nSPS) is 15.8. The van der Waals surface area contributed by atoms with E-state index in [0.717, 1.165) is 56.2 Å². The smallest absolute Gasteiger partial charge is 0.337 e. The molecule has 0 radical (unpaired) electrons. The minimum absolute atomic E-state index is 0.210. The van der Waals surface area contributed by atoms with Gasteiger partial charge in [-0.2, -0.15) is 0 Å². The van der Waals surface area contributed by atoms with E-state index in [2.05, 4.69) is 37.7 Å². The number of hydrogen-bond acceptors (Lipinski definition) is 6. The number of carbonyl (C=O) groups is 3. The Balaban J connectivity index is 1.11. The predicted molar refractivity (Wildman–Crippen MR) is 187 cm³/mol. The fourth-order valence-corrected chi connectivity index (χ4v) is 6.41. The summed E-state index contributed by atoms with van der Waals surface area (Å²) in [5.74, 6) is -1.54. The van der Waals surface area contributed by atoms with E-state index in [0.29, 0.717) is 50.0 Å². The zero-order valence-corrected chi connectivity index (χ0v) is 27.3. The molecular formula is C36H37ClN6O4. The molecular weight excluding hydrogens is 616 g/mol. The standard InChI is InChI=1S/C36H37ClN6O4/c1-4-42-12-14-43(15-13-42)20-24-9-8-23(16-30(24)37)34(44)40-26-7-5-6-25(17-26)39-27-10-11-28-29(35(45)41-32(28)18-27)19-31-21(2)33(36(46)47)22(3)38-31/h5-11,16-19,38-39H,4,12-15,20H2,1-3H3,(H,40,44)(H,41,45)(H,46,47)/b29-19-. The molecule has 0 spiro atoms. The zero-order valence-electron chi connectivity index (χ0n) is 26.5. The number of carbonyl (C=O) groups excluding carboxylic acids is 2. The fourth-order valence-electron chi connectivity index (χ4n) is 6.17. The molecule has 1 fully saturated rings. The van der Waals surface area contributed by atoms with E-state index in [-0.39, 0.29) is 17.4 Å². The topological polar surface area (TPSA) is 130 Å². The molecule has 0 saturated carbocycles. The van der Waals surface area contributed by atoms with Gasteiger partial charge in [0, 0.05) is 77.3 Å². The number of aromatic amines is 1. The van der Waals surface area contributed by atoms with Crippen molar-refractivity contribution < 1.29 is 19.5 Å². The van der Waals surface area contributed by atoms with Gasteiger partial charge in [-0.1, -0.05) is 36.7 Å². The van der Waals surface area contributed by atoms with Crippen LogP contribution >= 0.6 is 11.6 Å². The van der Waals surface area contributed by atoms with Crippen molar-refractivity contribution in [3.63, 3.8) is 0 Å². The van der Waals surface area contributed by atoms with E-state index in [9.17, 15) is 19.5 Å². The number of aromatic nitrogens is 1. The maximum Gasteiger partial charge on any atom is 0.337 e. The third-order valence-corrected chi connectivity index (χ3v) is 9.16. The molecule has 5 N–H and O–H groups in total. The molecule has 242 valence electrons. The van der Waals surface area contributed by atoms with Crippen LogP contribution in [0.25, 0.3) is 11.6 Å². The van der Waals surface area contributed by atoms with Gasteiger partial charge in [-0.3, -0.25) is 14.5 Å². The Kier molecular flexibility index (Phi) is 9.17. The first-order valence-corrected chi connectivity index (χ1v) is 16.0. The molecule has 10 nitrogen and oxygen atoms in total. The van der Waals surface area contributed by atoms with Crippen LogP contribution in [-0.2, 0) is 11.3 Å². The molecule has 0 unspecified atom stereocenters. The summed E-state index contributed by atoms with van der Waals surface area (Å²) in [6.07, 6.45) is 1.69. The number of anilines is 4. The van der Waals surface area contributed by atoms with Crippen molar-refractivity contribution in [1.29, 1.82) is 0 Å². The van der Waals surface area contributed by atoms with Crippen LogP contribution in [0, 0.1) is 13.8 Å². The monoisotopic (exact) mass is 652 g/mol. The van der Waals surface area contributed by atoms with E-state index < -0.39 is 5.97 Å². The number of halogens is 1. The number of carboxylic acid groups (broad SMARTS) is 1. The van der Waals surface area contributed by atoms with Crippen molar-refractivity contribution in [2.24, 2.45) is 0 Å². The summed E-state index contributed by atoms with van der Waals surface area (Å²) in [7, 11) is 0. The molecule has 3 aromatic carbocycles. The summed E-state index contributed by atoms with van der Waals surface area (Å²) >= 11 is 6.61. The summed E-state index contributed by atoms with van der Waals surface area (Å²) in [6, 6.07) is 18.4. The molecule has 1 saturated heterocycles. The quantitative estimate of drug-likeness (QED) is 0.129. The molecule has 2 aliphatic heterocycles. The lowest BCUT2D eigenvalue weighted by Crippen LogP contribution is -2.45. The number of piperazine rings is 1. The Labute approximate surface area is 278 Å². The SMILES string of the molecule is CCN1CCN(Cc2ccc(C(=O)Nc3cccc(Nc4ccc5c(c4)NC(=O)/C5=C\c4[nH]c(C)c(C(=O)O)c4C)c3)cc2Cl)CC1. The van der Waals surface area contributed by atoms with Gasteiger partial charge in [0.15, 0.2) is 0 Å². The Morgan fingerprint density at radius 2 is 1.68 bits per heavy atom. The van der Waals surface area contributed by atoms with Crippen molar-refractivity contribution >= 4 is 63.8 Å². The van der Waals surface area contributed by atoms with Gasteiger partial charge in [0.1, 0.15) is 0 Å². The average molecular weight is 653 g/mol. The van der Waals surface area contributed by atoms with Crippen LogP contribution in [0.2, 0.25) is 5.02 Å². The highest BCUT2D eigenvalue weighted by atomic mass is 35.5. The molecule has 1 aromatic heterocycles. The molecule has 2 amide bonds. The fraction of sp³-hybridized carbons (Fsp3) is 0.250. The number of carboxylic acids is 1. The largest absolute Gasteiger partial charge is 0.478 e. The maximum atomic E-state index is 13.1. The Morgan fingerprint density at radius 3 is 2.38 bits per heavy atom. The second kappa shape index (κ2) is 13.4. The van der Waals surface area contributed by atoms with Gasteiger partial charge in [0.25, 0.3) is 11.8 Å². The molecule has 0 atom stereocenters. The number of H-pyrrole nitrogens is 1. The predicted octanol–water partition coefficient (Wildman–Crippen LogP) is 6.61. The van der Waals surface area contributed by atoms with Gasteiger partial charge in [-0.25, -0.2) is 4.79 Å². The van der Waals surface area contributed by atoms with Crippen molar-refractivity contribution in [3.05, 3.63) is 105 Å². The van der Waals surface area contributed by atoms with Gasteiger partial charge in [-0.05, 0) is 80.1 Å². The second-order valence-corrected chi connectivity index (χ2v) is 12.3. The lowest BCUT2D eigenvalue weighted by atomic mass is 10.0. The van der Waals surface area contributed by atoms with Crippen LogP contribution in [0.3, 0.4) is 0 Å². The lowest BCUT2D eigenvalue weighted by Gasteiger charge is -2.34. The summed E-state index contributed by atoms with van der Waals surface area (Å²) < 4.78 is 0. The molecule has 11 heteroatoms. The van der Waals surface area contributed by atoms with Crippen LogP contribution < -0.4 is 16.0 Å².